The molecule has 3 aromatic heterocycles. The quantitative estimate of drug-likeness (QED) is 0.265. The van der Waals surface area contributed by atoms with E-state index in [2.05, 4.69) is 58.4 Å². The molecule has 4 rings (SSSR count). The first-order chi connectivity index (χ1) is 17.5. The monoisotopic (exact) mass is 529 g/mol. The van der Waals surface area contributed by atoms with Crippen LogP contribution in [0.5, 0.6) is 0 Å². The maximum atomic E-state index is 11.3. The van der Waals surface area contributed by atoms with Gasteiger partial charge in [-0.2, -0.15) is 0 Å². The van der Waals surface area contributed by atoms with Gasteiger partial charge in [-0.15, -0.1) is 5.10 Å². The normalized spacial score (nSPS) is 20.6. The molecule has 1 aliphatic carbocycles. The standard InChI is InChI=1S/C25H39N7O4Si/c1-16(2)8-23-29-21-13-26-20(24-27-14-31(30-24)15-36-6-7-37(3,4)5)12-22(21)32(23)18-9-17(28-25(34)35)10-19(33)11-18/h12-14,16-19,28,33H,6-11,15H2,1-5H3,(H,34,35). The summed E-state index contributed by atoms with van der Waals surface area (Å²) in [4.78, 5) is 25.2. The minimum Gasteiger partial charge on any atom is -0.465 e. The number of carboxylic acid groups (broad SMARTS) is 1. The van der Waals surface area contributed by atoms with Gasteiger partial charge in [0.15, 0.2) is 5.82 Å². The van der Waals surface area contributed by atoms with E-state index < -0.39 is 20.3 Å². The number of fused-ring (bicyclic) bond motifs is 1. The van der Waals surface area contributed by atoms with E-state index in [4.69, 9.17) is 9.72 Å². The van der Waals surface area contributed by atoms with Crippen LogP contribution in [0.25, 0.3) is 22.6 Å². The Labute approximate surface area is 218 Å². The molecular weight excluding hydrogens is 490 g/mol. The molecule has 1 saturated carbocycles. The Morgan fingerprint density at radius 3 is 2.73 bits per heavy atom. The van der Waals surface area contributed by atoms with Gasteiger partial charge in [0.2, 0.25) is 0 Å². The molecule has 0 saturated heterocycles. The molecule has 1 fully saturated rings. The van der Waals surface area contributed by atoms with Gasteiger partial charge in [0, 0.05) is 33.2 Å². The number of aromatic nitrogens is 6. The topological polar surface area (TPSA) is 140 Å². The average molecular weight is 530 g/mol. The van der Waals surface area contributed by atoms with Crippen molar-refractivity contribution in [1.29, 1.82) is 0 Å². The van der Waals surface area contributed by atoms with Crippen LogP contribution in [0, 0.1) is 5.92 Å². The molecule has 0 aliphatic heterocycles. The van der Waals surface area contributed by atoms with Gasteiger partial charge in [0.05, 0.1) is 17.8 Å². The number of hydrogen-bond donors (Lipinski definition) is 3. The summed E-state index contributed by atoms with van der Waals surface area (Å²) in [6.45, 7) is 12.3. The number of nitrogens with one attached hydrogen (secondary N) is 1. The summed E-state index contributed by atoms with van der Waals surface area (Å²) in [5, 5.41) is 26.9. The van der Waals surface area contributed by atoms with Crippen LogP contribution in [-0.4, -0.2) is 72.4 Å². The highest BCUT2D eigenvalue weighted by Gasteiger charge is 2.32. The number of ether oxygens (including phenoxy) is 1. The Morgan fingerprint density at radius 2 is 2.03 bits per heavy atom. The predicted octanol–water partition coefficient (Wildman–Crippen LogP) is 3.92. The number of nitrogens with zero attached hydrogens (tertiary/aromatic N) is 6. The maximum Gasteiger partial charge on any atom is 0.404 e. The van der Waals surface area contributed by atoms with Crippen molar-refractivity contribution in [1.82, 2.24) is 34.6 Å². The highest BCUT2D eigenvalue weighted by atomic mass is 28.3. The molecule has 3 aromatic rings. The molecule has 1 amide bonds. The summed E-state index contributed by atoms with van der Waals surface area (Å²) in [5.74, 6) is 1.79. The lowest BCUT2D eigenvalue weighted by atomic mass is 9.88. The van der Waals surface area contributed by atoms with E-state index in [1.165, 1.54) is 0 Å². The number of hydrogen-bond acceptors (Lipinski definition) is 7. The number of imidazole rings is 1. The van der Waals surface area contributed by atoms with E-state index in [1.807, 2.05) is 6.07 Å². The molecule has 3 heterocycles. The summed E-state index contributed by atoms with van der Waals surface area (Å²) in [6.07, 6.45) is 4.00. The first-order valence-electron chi connectivity index (χ1n) is 13.0. The third-order valence-corrected chi connectivity index (χ3v) is 8.28. The van der Waals surface area contributed by atoms with Crippen LogP contribution in [-0.2, 0) is 17.9 Å². The van der Waals surface area contributed by atoms with Gasteiger partial charge in [0.25, 0.3) is 0 Å². The molecule has 11 nitrogen and oxygen atoms in total. The Morgan fingerprint density at radius 1 is 1.24 bits per heavy atom. The van der Waals surface area contributed by atoms with Gasteiger partial charge < -0.3 is 24.8 Å². The van der Waals surface area contributed by atoms with E-state index >= 15 is 0 Å². The fraction of sp³-hybridized carbons (Fsp3) is 0.640. The van der Waals surface area contributed by atoms with Crippen LogP contribution >= 0.6 is 0 Å². The number of aliphatic hydroxyl groups excluding tert-OH is 1. The molecule has 3 unspecified atom stereocenters. The van der Waals surface area contributed by atoms with Crippen LogP contribution < -0.4 is 5.32 Å². The summed E-state index contributed by atoms with van der Waals surface area (Å²) < 4.78 is 9.63. The molecule has 3 N–H and O–H groups in total. The number of carbonyl (C=O) groups is 1. The lowest BCUT2D eigenvalue weighted by molar-refractivity contribution is 0.0784. The zero-order valence-electron chi connectivity index (χ0n) is 22.4. The Hall–Kier alpha value is -2.83. The minimum atomic E-state index is -1.15. The largest absolute Gasteiger partial charge is 0.465 e. The molecule has 0 bridgehead atoms. The Bertz CT molecular complexity index is 1220. The third-order valence-electron chi connectivity index (χ3n) is 6.58. The second kappa shape index (κ2) is 11.3. The van der Waals surface area contributed by atoms with E-state index in [0.717, 1.165) is 29.3 Å². The molecule has 37 heavy (non-hydrogen) atoms. The third kappa shape index (κ3) is 7.14. The first kappa shape index (κ1) is 27.2. The molecular formula is C25H39N7O4Si. The SMILES string of the molecule is CC(C)Cc1nc2cnc(-c3ncn(COCC[Si](C)(C)C)n3)cc2n1C1CC(O)CC(NC(=O)O)C1. The van der Waals surface area contributed by atoms with Crippen molar-refractivity contribution in [2.45, 2.75) is 90.1 Å². The van der Waals surface area contributed by atoms with E-state index in [0.29, 0.717) is 50.0 Å². The second-order valence-corrected chi connectivity index (χ2v) is 17.3. The van der Waals surface area contributed by atoms with Crippen molar-refractivity contribution in [3.8, 4) is 11.5 Å². The van der Waals surface area contributed by atoms with Crippen LogP contribution in [0.1, 0.15) is 45.0 Å². The van der Waals surface area contributed by atoms with E-state index in [1.54, 1.807) is 17.2 Å². The number of aliphatic hydroxyl groups is 1. The minimum absolute atomic E-state index is 0.0973. The van der Waals surface area contributed by atoms with Crippen LogP contribution in [0.4, 0.5) is 4.79 Å². The molecule has 202 valence electrons. The summed E-state index contributed by atoms with van der Waals surface area (Å²) in [5.41, 5.74) is 2.27. The summed E-state index contributed by atoms with van der Waals surface area (Å²) in [6, 6.07) is 2.61. The zero-order valence-corrected chi connectivity index (χ0v) is 23.4. The van der Waals surface area contributed by atoms with Crippen LogP contribution in [0.3, 0.4) is 0 Å². The van der Waals surface area contributed by atoms with Crippen LogP contribution in [0.15, 0.2) is 18.6 Å². The number of amides is 1. The summed E-state index contributed by atoms with van der Waals surface area (Å²) in [7, 11) is -1.15. The maximum absolute atomic E-state index is 11.3. The molecule has 3 atom stereocenters. The smallest absolute Gasteiger partial charge is 0.404 e. The van der Waals surface area contributed by atoms with Crippen LogP contribution in [0.2, 0.25) is 25.7 Å². The van der Waals surface area contributed by atoms with Gasteiger partial charge in [-0.25, -0.2) is 19.4 Å². The van der Waals surface area contributed by atoms with Crippen molar-refractivity contribution in [3.05, 3.63) is 24.4 Å². The highest BCUT2D eigenvalue weighted by molar-refractivity contribution is 6.76. The Balaban J connectivity index is 1.61. The molecule has 0 radical (unpaired) electrons. The number of rotatable bonds is 10. The molecule has 12 heteroatoms. The number of pyridine rings is 1. The van der Waals surface area contributed by atoms with Gasteiger partial charge in [-0.3, -0.25) is 4.98 Å². The average Bonchev–Trinajstić information content (AvgIpc) is 3.38. The van der Waals surface area contributed by atoms with Crippen molar-refractivity contribution in [2.24, 2.45) is 5.92 Å². The van der Waals surface area contributed by atoms with Crippen molar-refractivity contribution in [3.63, 3.8) is 0 Å². The second-order valence-electron chi connectivity index (χ2n) is 11.7. The van der Waals surface area contributed by atoms with Crippen molar-refractivity contribution < 1.29 is 19.7 Å². The highest BCUT2D eigenvalue weighted by Crippen LogP contribution is 2.34. The van der Waals surface area contributed by atoms with Crippen molar-refractivity contribution in [2.75, 3.05) is 6.61 Å². The van der Waals surface area contributed by atoms with Gasteiger partial charge >= 0.3 is 6.09 Å². The predicted molar refractivity (Wildman–Crippen MR) is 143 cm³/mol. The molecule has 0 aromatic carbocycles. The van der Waals surface area contributed by atoms with E-state index in [9.17, 15) is 15.0 Å². The van der Waals surface area contributed by atoms with E-state index in [-0.39, 0.29) is 12.1 Å². The lowest BCUT2D eigenvalue weighted by Crippen LogP contribution is -2.42. The first-order valence-corrected chi connectivity index (χ1v) is 16.7. The fourth-order valence-electron chi connectivity index (χ4n) is 4.86. The van der Waals surface area contributed by atoms with Crippen molar-refractivity contribution >= 4 is 25.2 Å². The lowest BCUT2D eigenvalue weighted by Gasteiger charge is -2.34. The summed E-state index contributed by atoms with van der Waals surface area (Å²) >= 11 is 0. The van der Waals surface area contributed by atoms with Gasteiger partial charge in [0.1, 0.15) is 30.1 Å². The zero-order chi connectivity index (χ0) is 26.7. The van der Waals surface area contributed by atoms with Gasteiger partial charge in [-0.1, -0.05) is 33.5 Å². The molecule has 0 spiro atoms. The Kier molecular flexibility index (Phi) is 8.29. The molecule has 1 aliphatic rings. The van der Waals surface area contributed by atoms with Gasteiger partial charge in [-0.05, 0) is 37.3 Å². The fourth-order valence-corrected chi connectivity index (χ4v) is 5.62.